The lowest BCUT2D eigenvalue weighted by atomic mass is 10.3. The van der Waals surface area contributed by atoms with Crippen molar-refractivity contribution in [2.75, 3.05) is 11.9 Å². The molecule has 0 aliphatic carbocycles. The SMILES string of the molecule is CCCCNc1nccn1CCCn1cccn1. The van der Waals surface area contributed by atoms with E-state index in [1.165, 1.54) is 12.8 Å². The van der Waals surface area contributed by atoms with E-state index in [-0.39, 0.29) is 0 Å². The monoisotopic (exact) mass is 247 g/mol. The molecule has 0 aliphatic heterocycles. The van der Waals surface area contributed by atoms with Crippen molar-refractivity contribution in [2.45, 2.75) is 39.3 Å². The maximum atomic E-state index is 4.33. The first-order valence-electron chi connectivity index (χ1n) is 6.62. The molecule has 0 amide bonds. The van der Waals surface area contributed by atoms with Gasteiger partial charge in [-0.05, 0) is 18.9 Å². The topological polar surface area (TPSA) is 47.7 Å². The third kappa shape index (κ3) is 3.61. The zero-order valence-corrected chi connectivity index (χ0v) is 10.9. The fraction of sp³-hybridized carbons (Fsp3) is 0.538. The number of aromatic nitrogens is 4. The first kappa shape index (κ1) is 12.7. The molecule has 5 heteroatoms. The molecule has 0 saturated carbocycles. The Labute approximate surface area is 108 Å². The van der Waals surface area contributed by atoms with Gasteiger partial charge in [0, 0.05) is 44.4 Å². The molecule has 2 aromatic rings. The van der Waals surface area contributed by atoms with E-state index in [1.807, 2.05) is 35.5 Å². The van der Waals surface area contributed by atoms with Gasteiger partial charge in [0.25, 0.3) is 0 Å². The van der Waals surface area contributed by atoms with Crippen molar-refractivity contribution >= 4 is 5.95 Å². The van der Waals surface area contributed by atoms with Gasteiger partial charge in [-0.25, -0.2) is 4.98 Å². The van der Waals surface area contributed by atoms with Crippen molar-refractivity contribution in [3.63, 3.8) is 0 Å². The molecule has 2 aromatic heterocycles. The molecule has 0 spiro atoms. The predicted molar refractivity (Wildman–Crippen MR) is 72.5 cm³/mol. The Kier molecular flexibility index (Phi) is 4.81. The summed E-state index contributed by atoms with van der Waals surface area (Å²) in [6.07, 6.45) is 11.1. The summed E-state index contributed by atoms with van der Waals surface area (Å²) in [7, 11) is 0. The highest BCUT2D eigenvalue weighted by Crippen LogP contribution is 2.06. The van der Waals surface area contributed by atoms with Crippen LogP contribution in [0.3, 0.4) is 0 Å². The number of imidazole rings is 1. The van der Waals surface area contributed by atoms with Crippen LogP contribution in [0.5, 0.6) is 0 Å². The Hall–Kier alpha value is -1.78. The van der Waals surface area contributed by atoms with Gasteiger partial charge in [0.2, 0.25) is 5.95 Å². The fourth-order valence-electron chi connectivity index (χ4n) is 1.87. The predicted octanol–water partition coefficient (Wildman–Crippen LogP) is 2.38. The number of hydrogen-bond donors (Lipinski definition) is 1. The molecular weight excluding hydrogens is 226 g/mol. The Balaban J connectivity index is 1.76. The molecule has 0 radical (unpaired) electrons. The van der Waals surface area contributed by atoms with Crippen molar-refractivity contribution in [3.05, 3.63) is 30.9 Å². The summed E-state index contributed by atoms with van der Waals surface area (Å²) in [5, 5.41) is 7.56. The van der Waals surface area contributed by atoms with Crippen LogP contribution in [0.25, 0.3) is 0 Å². The number of rotatable bonds is 8. The summed E-state index contributed by atoms with van der Waals surface area (Å²) < 4.78 is 4.13. The first-order chi connectivity index (χ1) is 8.90. The minimum atomic E-state index is 0.944. The molecule has 0 unspecified atom stereocenters. The van der Waals surface area contributed by atoms with Gasteiger partial charge in [-0.15, -0.1) is 0 Å². The Bertz CT molecular complexity index is 432. The Morgan fingerprint density at radius 3 is 2.89 bits per heavy atom. The maximum absolute atomic E-state index is 4.33. The molecule has 0 fully saturated rings. The molecule has 5 nitrogen and oxygen atoms in total. The molecule has 1 N–H and O–H groups in total. The van der Waals surface area contributed by atoms with Crippen molar-refractivity contribution in [2.24, 2.45) is 0 Å². The minimum Gasteiger partial charge on any atom is -0.356 e. The minimum absolute atomic E-state index is 0.944. The van der Waals surface area contributed by atoms with E-state index in [4.69, 9.17) is 0 Å². The van der Waals surface area contributed by atoms with E-state index in [0.717, 1.165) is 32.0 Å². The largest absolute Gasteiger partial charge is 0.356 e. The lowest BCUT2D eigenvalue weighted by Gasteiger charge is -2.09. The number of nitrogens with one attached hydrogen (secondary N) is 1. The molecule has 98 valence electrons. The molecule has 2 rings (SSSR count). The van der Waals surface area contributed by atoms with E-state index in [9.17, 15) is 0 Å². The Morgan fingerprint density at radius 1 is 1.17 bits per heavy atom. The quantitative estimate of drug-likeness (QED) is 0.729. The molecule has 0 aromatic carbocycles. The third-order valence-corrected chi connectivity index (χ3v) is 2.87. The number of hydrogen-bond acceptors (Lipinski definition) is 3. The summed E-state index contributed by atoms with van der Waals surface area (Å²) in [4.78, 5) is 4.33. The second-order valence-electron chi connectivity index (χ2n) is 4.35. The Morgan fingerprint density at radius 2 is 2.11 bits per heavy atom. The molecular formula is C13H21N5. The number of anilines is 1. The van der Waals surface area contributed by atoms with Gasteiger partial charge in [-0.3, -0.25) is 4.68 Å². The van der Waals surface area contributed by atoms with Gasteiger partial charge in [-0.2, -0.15) is 5.10 Å². The lowest BCUT2D eigenvalue weighted by molar-refractivity contribution is 0.528. The molecule has 18 heavy (non-hydrogen) atoms. The summed E-state index contributed by atoms with van der Waals surface area (Å²) in [5.74, 6) is 0.976. The highest BCUT2D eigenvalue weighted by atomic mass is 15.3. The molecule has 0 saturated heterocycles. The summed E-state index contributed by atoms with van der Waals surface area (Å²) in [6.45, 7) is 5.10. The number of nitrogens with zero attached hydrogens (tertiary/aromatic N) is 4. The van der Waals surface area contributed by atoms with Gasteiger partial charge in [0.15, 0.2) is 0 Å². The van der Waals surface area contributed by atoms with Crippen LogP contribution in [0.1, 0.15) is 26.2 Å². The number of aryl methyl sites for hydroxylation is 2. The number of unbranched alkanes of at least 4 members (excludes halogenated alkanes) is 1. The smallest absolute Gasteiger partial charge is 0.202 e. The zero-order chi connectivity index (χ0) is 12.6. The van der Waals surface area contributed by atoms with Crippen LogP contribution in [0.15, 0.2) is 30.9 Å². The van der Waals surface area contributed by atoms with Gasteiger partial charge in [0.05, 0.1) is 0 Å². The van der Waals surface area contributed by atoms with Crippen molar-refractivity contribution in [1.29, 1.82) is 0 Å². The summed E-state index contributed by atoms with van der Waals surface area (Å²) in [5.41, 5.74) is 0. The van der Waals surface area contributed by atoms with Crippen LogP contribution in [0.2, 0.25) is 0 Å². The van der Waals surface area contributed by atoms with Crippen molar-refractivity contribution in [1.82, 2.24) is 19.3 Å². The average molecular weight is 247 g/mol. The van der Waals surface area contributed by atoms with E-state index < -0.39 is 0 Å². The van der Waals surface area contributed by atoms with Gasteiger partial charge in [-0.1, -0.05) is 13.3 Å². The fourth-order valence-corrected chi connectivity index (χ4v) is 1.87. The van der Waals surface area contributed by atoms with Crippen LogP contribution in [-0.4, -0.2) is 25.9 Å². The molecule has 0 bridgehead atoms. The van der Waals surface area contributed by atoms with E-state index in [0.29, 0.717) is 0 Å². The van der Waals surface area contributed by atoms with Crippen LogP contribution in [0, 0.1) is 0 Å². The second kappa shape index (κ2) is 6.83. The lowest BCUT2D eigenvalue weighted by Crippen LogP contribution is -2.10. The summed E-state index contributed by atoms with van der Waals surface area (Å²) in [6, 6.07) is 1.95. The molecule has 0 aliphatic rings. The highest BCUT2D eigenvalue weighted by molar-refractivity contribution is 5.25. The molecule has 0 atom stereocenters. The van der Waals surface area contributed by atoms with Crippen LogP contribution < -0.4 is 5.32 Å². The third-order valence-electron chi connectivity index (χ3n) is 2.87. The van der Waals surface area contributed by atoms with Gasteiger partial charge >= 0.3 is 0 Å². The standard InChI is InChI=1S/C13H21N5/c1-2-3-6-14-13-15-8-12-17(13)9-5-11-18-10-4-7-16-18/h4,7-8,10,12H,2-3,5-6,9,11H2,1H3,(H,14,15). The van der Waals surface area contributed by atoms with E-state index in [2.05, 4.69) is 26.9 Å². The first-order valence-corrected chi connectivity index (χ1v) is 6.62. The van der Waals surface area contributed by atoms with Crippen LogP contribution in [-0.2, 0) is 13.1 Å². The highest BCUT2D eigenvalue weighted by Gasteiger charge is 2.01. The van der Waals surface area contributed by atoms with Gasteiger partial charge < -0.3 is 9.88 Å². The van der Waals surface area contributed by atoms with Crippen molar-refractivity contribution < 1.29 is 0 Å². The van der Waals surface area contributed by atoms with Crippen LogP contribution >= 0.6 is 0 Å². The second-order valence-corrected chi connectivity index (χ2v) is 4.35. The zero-order valence-electron chi connectivity index (χ0n) is 10.9. The van der Waals surface area contributed by atoms with Crippen LogP contribution in [0.4, 0.5) is 5.95 Å². The van der Waals surface area contributed by atoms with Crippen molar-refractivity contribution in [3.8, 4) is 0 Å². The van der Waals surface area contributed by atoms with Gasteiger partial charge in [0.1, 0.15) is 0 Å². The maximum Gasteiger partial charge on any atom is 0.202 e. The van der Waals surface area contributed by atoms with E-state index in [1.54, 1.807) is 0 Å². The average Bonchev–Trinajstić information content (AvgIpc) is 3.02. The summed E-state index contributed by atoms with van der Waals surface area (Å²) >= 11 is 0. The molecule has 2 heterocycles. The van der Waals surface area contributed by atoms with E-state index >= 15 is 0 Å². The normalized spacial score (nSPS) is 10.7.